The summed E-state index contributed by atoms with van der Waals surface area (Å²) >= 11 is 0. The summed E-state index contributed by atoms with van der Waals surface area (Å²) in [4.78, 5) is 2.15. The van der Waals surface area contributed by atoms with Crippen molar-refractivity contribution < 1.29 is 5.11 Å². The first-order chi connectivity index (χ1) is 3.70. The molecular formula is C6H13NO. The summed E-state index contributed by atoms with van der Waals surface area (Å²) in [6.07, 6.45) is -0.0833. The molecule has 1 aliphatic heterocycles. The van der Waals surface area contributed by atoms with Gasteiger partial charge >= 0.3 is 0 Å². The molecule has 1 N–H and O–H groups in total. The van der Waals surface area contributed by atoms with Crippen LogP contribution in [0.3, 0.4) is 0 Å². The molecule has 0 aromatic rings. The lowest BCUT2D eigenvalue weighted by atomic mass is 10.1. The van der Waals surface area contributed by atoms with Crippen molar-refractivity contribution in [3.8, 4) is 0 Å². The highest BCUT2D eigenvalue weighted by Crippen LogP contribution is 2.12. The lowest BCUT2D eigenvalue weighted by molar-refractivity contribution is 0.151. The Balaban J connectivity index is 2.39. The largest absolute Gasteiger partial charge is 0.391 e. The van der Waals surface area contributed by atoms with Gasteiger partial charge in [0.2, 0.25) is 0 Å². The Hall–Kier alpha value is -0.0800. The summed E-state index contributed by atoms with van der Waals surface area (Å²) in [5.41, 5.74) is 0. The summed E-state index contributed by atoms with van der Waals surface area (Å²) < 4.78 is 0. The second kappa shape index (κ2) is 2.03. The van der Waals surface area contributed by atoms with Crippen LogP contribution in [0, 0.1) is 5.92 Å². The van der Waals surface area contributed by atoms with Gasteiger partial charge in [0.15, 0.2) is 0 Å². The predicted molar refractivity (Wildman–Crippen MR) is 32.7 cm³/mol. The zero-order valence-electron chi connectivity index (χ0n) is 5.46. The van der Waals surface area contributed by atoms with E-state index in [0.29, 0.717) is 5.92 Å². The van der Waals surface area contributed by atoms with Crippen LogP contribution < -0.4 is 0 Å². The maximum atomic E-state index is 9.13. The number of aliphatic hydroxyl groups excluding tert-OH is 1. The molecule has 1 saturated heterocycles. The fraction of sp³-hybridized carbons (Fsp3) is 1.00. The Morgan fingerprint density at radius 2 is 2.12 bits per heavy atom. The van der Waals surface area contributed by atoms with Crippen molar-refractivity contribution in [1.29, 1.82) is 0 Å². The Morgan fingerprint density at radius 3 is 2.25 bits per heavy atom. The van der Waals surface area contributed by atoms with Crippen molar-refractivity contribution in [1.82, 2.24) is 4.90 Å². The molecule has 0 aromatic carbocycles. The van der Waals surface area contributed by atoms with E-state index in [1.165, 1.54) is 0 Å². The molecule has 0 amide bonds. The van der Waals surface area contributed by atoms with Gasteiger partial charge < -0.3 is 10.0 Å². The molecular weight excluding hydrogens is 102 g/mol. The lowest BCUT2D eigenvalue weighted by Gasteiger charge is -2.02. The fourth-order valence-electron chi connectivity index (χ4n) is 1.19. The molecule has 2 atom stereocenters. The average Bonchev–Trinajstić information content (AvgIpc) is 1.85. The Morgan fingerprint density at radius 1 is 1.50 bits per heavy atom. The highest BCUT2D eigenvalue weighted by atomic mass is 16.3. The van der Waals surface area contributed by atoms with Crippen molar-refractivity contribution in [3.05, 3.63) is 0 Å². The minimum absolute atomic E-state index is 0.0833. The SMILES string of the molecule is CC1CN(C)CC1O. The third kappa shape index (κ3) is 1.01. The summed E-state index contributed by atoms with van der Waals surface area (Å²) in [6.45, 7) is 3.97. The van der Waals surface area contributed by atoms with E-state index in [0.717, 1.165) is 13.1 Å². The standard InChI is InChI=1S/C6H13NO/c1-5-3-7(2)4-6(5)8/h5-6,8H,3-4H2,1-2H3. The topological polar surface area (TPSA) is 23.5 Å². The molecule has 8 heavy (non-hydrogen) atoms. The van der Waals surface area contributed by atoms with Gasteiger partial charge in [-0.1, -0.05) is 6.92 Å². The van der Waals surface area contributed by atoms with Crippen LogP contribution in [0.5, 0.6) is 0 Å². The van der Waals surface area contributed by atoms with Crippen molar-refractivity contribution in [3.63, 3.8) is 0 Å². The zero-order chi connectivity index (χ0) is 6.15. The summed E-state index contributed by atoms with van der Waals surface area (Å²) in [6, 6.07) is 0. The Bertz CT molecular complexity index is 74.6. The first kappa shape index (κ1) is 6.05. The second-order valence-electron chi connectivity index (χ2n) is 2.77. The maximum Gasteiger partial charge on any atom is 0.0704 e. The van der Waals surface area contributed by atoms with E-state index >= 15 is 0 Å². The van der Waals surface area contributed by atoms with Gasteiger partial charge in [-0.2, -0.15) is 0 Å². The molecule has 0 bridgehead atoms. The number of nitrogens with zero attached hydrogens (tertiary/aromatic N) is 1. The highest BCUT2D eigenvalue weighted by molar-refractivity contribution is 4.77. The van der Waals surface area contributed by atoms with E-state index < -0.39 is 0 Å². The van der Waals surface area contributed by atoms with Gasteiger partial charge in [-0.3, -0.25) is 0 Å². The van der Waals surface area contributed by atoms with Gasteiger partial charge in [-0.15, -0.1) is 0 Å². The third-order valence-corrected chi connectivity index (χ3v) is 1.76. The second-order valence-corrected chi connectivity index (χ2v) is 2.77. The monoisotopic (exact) mass is 115 g/mol. The molecule has 0 saturated carbocycles. The number of likely N-dealkylation sites (tertiary alicyclic amines) is 1. The molecule has 1 aliphatic rings. The number of hydrogen-bond acceptors (Lipinski definition) is 2. The number of likely N-dealkylation sites (N-methyl/N-ethyl adjacent to an activating group) is 1. The smallest absolute Gasteiger partial charge is 0.0704 e. The number of β-amino-alcohol motifs (C(OH)–C–C–N with tert-alkyl or cyclic N) is 1. The normalized spacial score (nSPS) is 40.9. The molecule has 0 aromatic heterocycles. The minimum Gasteiger partial charge on any atom is -0.391 e. The summed E-state index contributed by atoms with van der Waals surface area (Å²) in [5, 5.41) is 9.13. The molecule has 1 heterocycles. The van der Waals surface area contributed by atoms with Gasteiger partial charge in [0.05, 0.1) is 6.10 Å². The van der Waals surface area contributed by atoms with E-state index in [2.05, 4.69) is 11.8 Å². The minimum atomic E-state index is -0.0833. The summed E-state index contributed by atoms with van der Waals surface area (Å²) in [7, 11) is 2.03. The van der Waals surface area contributed by atoms with Gasteiger partial charge in [-0.05, 0) is 13.0 Å². The molecule has 0 aliphatic carbocycles. The molecule has 0 radical (unpaired) electrons. The van der Waals surface area contributed by atoms with Crippen LogP contribution in [0.2, 0.25) is 0 Å². The maximum absolute atomic E-state index is 9.13. The van der Waals surface area contributed by atoms with Crippen molar-refractivity contribution in [2.75, 3.05) is 20.1 Å². The van der Waals surface area contributed by atoms with Crippen LogP contribution in [0.25, 0.3) is 0 Å². The summed E-state index contributed by atoms with van der Waals surface area (Å²) in [5.74, 6) is 0.472. The fourth-order valence-corrected chi connectivity index (χ4v) is 1.19. The van der Waals surface area contributed by atoms with Crippen LogP contribution in [0.1, 0.15) is 6.92 Å². The average molecular weight is 115 g/mol. The van der Waals surface area contributed by atoms with Gasteiger partial charge in [0.25, 0.3) is 0 Å². The van der Waals surface area contributed by atoms with Crippen LogP contribution in [0.15, 0.2) is 0 Å². The van der Waals surface area contributed by atoms with Crippen molar-refractivity contribution in [2.24, 2.45) is 5.92 Å². The highest BCUT2D eigenvalue weighted by Gasteiger charge is 2.24. The van der Waals surface area contributed by atoms with Crippen LogP contribution in [0.4, 0.5) is 0 Å². The van der Waals surface area contributed by atoms with Crippen LogP contribution >= 0.6 is 0 Å². The van der Waals surface area contributed by atoms with E-state index in [1.54, 1.807) is 0 Å². The number of hydrogen-bond donors (Lipinski definition) is 1. The Kier molecular flexibility index (Phi) is 1.54. The molecule has 2 unspecified atom stereocenters. The first-order valence-electron chi connectivity index (χ1n) is 3.07. The third-order valence-electron chi connectivity index (χ3n) is 1.76. The van der Waals surface area contributed by atoms with Gasteiger partial charge in [-0.25, -0.2) is 0 Å². The van der Waals surface area contributed by atoms with E-state index in [4.69, 9.17) is 5.11 Å². The van der Waals surface area contributed by atoms with Gasteiger partial charge in [0.1, 0.15) is 0 Å². The molecule has 2 nitrogen and oxygen atoms in total. The molecule has 2 heteroatoms. The first-order valence-corrected chi connectivity index (χ1v) is 3.07. The van der Waals surface area contributed by atoms with Crippen LogP contribution in [-0.2, 0) is 0 Å². The van der Waals surface area contributed by atoms with Crippen LogP contribution in [-0.4, -0.2) is 36.2 Å². The number of rotatable bonds is 0. The van der Waals surface area contributed by atoms with E-state index in [1.807, 2.05) is 7.05 Å². The quantitative estimate of drug-likeness (QED) is 0.477. The molecule has 1 rings (SSSR count). The van der Waals surface area contributed by atoms with Crippen molar-refractivity contribution in [2.45, 2.75) is 13.0 Å². The molecule has 48 valence electrons. The van der Waals surface area contributed by atoms with E-state index in [-0.39, 0.29) is 6.10 Å². The van der Waals surface area contributed by atoms with Crippen molar-refractivity contribution >= 4 is 0 Å². The zero-order valence-corrected chi connectivity index (χ0v) is 5.46. The van der Waals surface area contributed by atoms with Gasteiger partial charge in [0, 0.05) is 13.1 Å². The lowest BCUT2D eigenvalue weighted by Crippen LogP contribution is -2.16. The molecule has 1 fully saturated rings. The predicted octanol–water partition coefficient (Wildman–Crippen LogP) is -0.0712. The number of aliphatic hydroxyl groups is 1. The molecule has 0 spiro atoms. The Labute approximate surface area is 50.1 Å². The van der Waals surface area contributed by atoms with E-state index in [9.17, 15) is 0 Å².